The van der Waals surface area contributed by atoms with Crippen LogP contribution in [0.1, 0.15) is 51.9 Å². The van der Waals surface area contributed by atoms with Crippen molar-refractivity contribution in [2.75, 3.05) is 12.8 Å². The summed E-state index contributed by atoms with van der Waals surface area (Å²) in [7, 11) is -3.66. The van der Waals surface area contributed by atoms with Crippen LogP contribution in [0.15, 0.2) is 0 Å². The van der Waals surface area contributed by atoms with Crippen LogP contribution in [0.3, 0.4) is 0 Å². The molecule has 0 aromatic carbocycles. The molecule has 0 bridgehead atoms. The monoisotopic (exact) mass is 350 g/mol. The van der Waals surface area contributed by atoms with Gasteiger partial charge in [-0.25, -0.2) is 0 Å². The van der Waals surface area contributed by atoms with Crippen molar-refractivity contribution >= 4 is 19.3 Å². The maximum absolute atomic E-state index is 12.6. The molecule has 1 rings (SSSR count). The Bertz CT molecular complexity index is 445. The Morgan fingerprint density at radius 3 is 2.52 bits per heavy atom. The largest absolute Gasteiger partial charge is 0.481 e. The first-order valence-electron chi connectivity index (χ1n) is 8.15. The van der Waals surface area contributed by atoms with E-state index in [1.165, 1.54) is 0 Å². The van der Waals surface area contributed by atoms with E-state index in [-0.39, 0.29) is 31.5 Å². The summed E-state index contributed by atoms with van der Waals surface area (Å²) < 4.78 is 18.1. The summed E-state index contributed by atoms with van der Waals surface area (Å²) in [5.74, 6) is -3.40. The van der Waals surface area contributed by atoms with E-state index in [0.29, 0.717) is 12.8 Å². The van der Waals surface area contributed by atoms with Gasteiger partial charge < -0.3 is 19.8 Å². The predicted octanol–water partition coefficient (Wildman–Crippen LogP) is 2.56. The molecular weight excluding hydrogens is 323 g/mol. The Morgan fingerprint density at radius 1 is 1.35 bits per heavy atom. The number of hydrogen-bond acceptors (Lipinski definition) is 4. The van der Waals surface area contributed by atoms with Crippen LogP contribution in [0, 0.1) is 5.92 Å². The quantitative estimate of drug-likeness (QED) is 0.490. The van der Waals surface area contributed by atoms with Gasteiger partial charge >= 0.3 is 11.9 Å². The van der Waals surface area contributed by atoms with Crippen molar-refractivity contribution in [3.8, 4) is 0 Å². The van der Waals surface area contributed by atoms with Crippen molar-refractivity contribution in [3.63, 3.8) is 0 Å². The van der Waals surface area contributed by atoms with Gasteiger partial charge in [0.05, 0.1) is 12.0 Å². The van der Waals surface area contributed by atoms with Crippen molar-refractivity contribution in [3.05, 3.63) is 0 Å². The van der Waals surface area contributed by atoms with Crippen LogP contribution in [-0.4, -0.2) is 51.6 Å². The fraction of sp³-hybridized carbons (Fsp3) is 0.867. The Labute approximate surface area is 136 Å². The van der Waals surface area contributed by atoms with E-state index in [2.05, 4.69) is 0 Å². The fourth-order valence-corrected chi connectivity index (χ4v) is 5.57. The molecule has 0 spiro atoms. The van der Waals surface area contributed by atoms with E-state index >= 15 is 0 Å². The van der Waals surface area contributed by atoms with Gasteiger partial charge in [0.25, 0.3) is 0 Å². The van der Waals surface area contributed by atoms with Crippen molar-refractivity contribution in [1.29, 1.82) is 0 Å². The fourth-order valence-electron chi connectivity index (χ4n) is 3.19. The third-order valence-corrected chi connectivity index (χ3v) is 7.13. The second-order valence-corrected chi connectivity index (χ2v) is 8.73. The van der Waals surface area contributed by atoms with Gasteiger partial charge in [0.15, 0.2) is 0 Å². The van der Waals surface area contributed by atoms with Gasteiger partial charge in [0, 0.05) is 24.8 Å². The van der Waals surface area contributed by atoms with E-state index in [0.717, 1.165) is 19.4 Å². The van der Waals surface area contributed by atoms with E-state index in [1.54, 1.807) is 6.92 Å². The molecule has 0 aliphatic carbocycles. The van der Waals surface area contributed by atoms with Gasteiger partial charge in [0.1, 0.15) is 0 Å². The molecule has 1 aliphatic rings. The highest BCUT2D eigenvalue weighted by molar-refractivity contribution is 7.58. The van der Waals surface area contributed by atoms with Gasteiger partial charge in [-0.3, -0.25) is 14.2 Å². The summed E-state index contributed by atoms with van der Waals surface area (Å²) in [5, 5.41) is 18.0. The molecule has 4 atom stereocenters. The molecule has 1 aliphatic heterocycles. The summed E-state index contributed by atoms with van der Waals surface area (Å²) in [4.78, 5) is 32.4. The topological polar surface area (TPSA) is 121 Å². The van der Waals surface area contributed by atoms with E-state index in [9.17, 15) is 24.2 Å². The Kier molecular flexibility index (Phi) is 8.23. The standard InChI is InChI=1S/C15H27O7P/c1-2-13(12(15(18)19)7-8-14(16)17)23(20,21)10-4-6-11-5-3-9-22-11/h11-13H,2-10H2,1H3,(H,16,17)(H,18,19)(H,20,21). The first-order valence-corrected chi connectivity index (χ1v) is 10.1. The minimum absolute atomic E-state index is 0.0578. The van der Waals surface area contributed by atoms with E-state index in [4.69, 9.17) is 9.84 Å². The van der Waals surface area contributed by atoms with Crippen molar-refractivity contribution in [2.24, 2.45) is 5.92 Å². The van der Waals surface area contributed by atoms with Crippen LogP contribution in [0.2, 0.25) is 0 Å². The van der Waals surface area contributed by atoms with Gasteiger partial charge in [-0.2, -0.15) is 0 Å². The van der Waals surface area contributed by atoms with Crippen LogP contribution < -0.4 is 0 Å². The molecule has 0 aromatic rings. The molecule has 134 valence electrons. The smallest absolute Gasteiger partial charge is 0.307 e. The lowest BCUT2D eigenvalue weighted by Gasteiger charge is -2.27. The average molecular weight is 350 g/mol. The zero-order chi connectivity index (χ0) is 17.5. The molecule has 23 heavy (non-hydrogen) atoms. The van der Waals surface area contributed by atoms with Crippen LogP contribution in [0.5, 0.6) is 0 Å². The Morgan fingerprint density at radius 2 is 2.04 bits per heavy atom. The number of ether oxygens (including phenoxy) is 1. The number of carbonyl (C=O) groups is 2. The van der Waals surface area contributed by atoms with Crippen LogP contribution >= 0.6 is 7.37 Å². The summed E-state index contributed by atoms with van der Waals surface area (Å²) in [6.07, 6.45) is 3.18. The molecule has 7 nitrogen and oxygen atoms in total. The van der Waals surface area contributed by atoms with Gasteiger partial charge in [-0.1, -0.05) is 6.92 Å². The maximum atomic E-state index is 12.6. The average Bonchev–Trinajstić information content (AvgIpc) is 2.95. The number of carboxylic acids is 2. The lowest BCUT2D eigenvalue weighted by atomic mass is 9.97. The lowest BCUT2D eigenvalue weighted by molar-refractivity contribution is -0.143. The summed E-state index contributed by atoms with van der Waals surface area (Å²) in [6.45, 7) is 2.40. The second-order valence-electron chi connectivity index (χ2n) is 6.11. The maximum Gasteiger partial charge on any atom is 0.307 e. The molecular formula is C15H27O7P. The minimum atomic E-state index is -3.66. The normalized spacial score (nSPS) is 23.1. The second kappa shape index (κ2) is 9.40. The van der Waals surface area contributed by atoms with Crippen LogP contribution in [0.25, 0.3) is 0 Å². The number of carboxylic acid groups (broad SMARTS) is 2. The predicted molar refractivity (Wildman–Crippen MR) is 85.0 cm³/mol. The first-order chi connectivity index (χ1) is 10.8. The Hall–Kier alpha value is -0.910. The minimum Gasteiger partial charge on any atom is -0.481 e. The molecule has 4 unspecified atom stereocenters. The van der Waals surface area contributed by atoms with Gasteiger partial charge in [-0.15, -0.1) is 0 Å². The molecule has 3 N–H and O–H groups in total. The SMILES string of the molecule is CCC(C(CCC(=O)O)C(=O)O)P(=O)(O)CCCC1CCCO1. The highest BCUT2D eigenvalue weighted by Crippen LogP contribution is 2.52. The van der Waals surface area contributed by atoms with Gasteiger partial charge in [0.2, 0.25) is 7.37 Å². The lowest BCUT2D eigenvalue weighted by Crippen LogP contribution is -2.29. The summed E-state index contributed by atoms with van der Waals surface area (Å²) >= 11 is 0. The highest BCUT2D eigenvalue weighted by atomic mass is 31.2. The number of aliphatic carboxylic acids is 2. The van der Waals surface area contributed by atoms with Crippen molar-refractivity contribution < 1.29 is 34.0 Å². The molecule has 0 aromatic heterocycles. The Balaban J connectivity index is 2.63. The van der Waals surface area contributed by atoms with Crippen molar-refractivity contribution in [1.82, 2.24) is 0 Å². The molecule has 0 radical (unpaired) electrons. The highest BCUT2D eigenvalue weighted by Gasteiger charge is 2.39. The number of rotatable bonds is 11. The molecule has 1 fully saturated rings. The van der Waals surface area contributed by atoms with Crippen LogP contribution in [-0.2, 0) is 18.9 Å². The zero-order valence-electron chi connectivity index (χ0n) is 13.5. The van der Waals surface area contributed by atoms with Crippen molar-refractivity contribution in [2.45, 2.75) is 63.6 Å². The van der Waals surface area contributed by atoms with E-state index < -0.39 is 30.9 Å². The molecule has 0 amide bonds. The van der Waals surface area contributed by atoms with Crippen LogP contribution in [0.4, 0.5) is 0 Å². The number of hydrogen-bond donors (Lipinski definition) is 3. The zero-order valence-corrected chi connectivity index (χ0v) is 14.4. The summed E-state index contributed by atoms with van der Waals surface area (Å²) in [5.41, 5.74) is -0.899. The van der Waals surface area contributed by atoms with Gasteiger partial charge in [-0.05, 0) is 38.5 Å². The summed E-state index contributed by atoms with van der Waals surface area (Å²) in [6, 6.07) is 0. The molecule has 1 saturated heterocycles. The third kappa shape index (κ3) is 6.61. The molecule has 8 heteroatoms. The molecule has 1 heterocycles. The molecule has 0 saturated carbocycles. The third-order valence-electron chi connectivity index (χ3n) is 4.42. The first kappa shape index (κ1) is 20.1. The van der Waals surface area contributed by atoms with E-state index in [1.807, 2.05) is 0 Å².